The van der Waals surface area contributed by atoms with Crippen LogP contribution in [0, 0.1) is 0 Å². The predicted molar refractivity (Wildman–Crippen MR) is 110 cm³/mol. The Morgan fingerprint density at radius 3 is 2.73 bits per heavy atom. The number of sulfone groups is 1. The first-order valence-electron chi connectivity index (χ1n) is 8.59. The molecule has 2 rings (SSSR count). The first kappa shape index (κ1) is 23.0. The van der Waals surface area contributed by atoms with Crippen molar-refractivity contribution in [3.05, 3.63) is 35.9 Å². The Bertz CT molecular complexity index is 736. The third-order valence-corrected chi connectivity index (χ3v) is 7.26. The molecule has 8 heteroatoms. The molecule has 0 aliphatic carbocycles. The number of rotatable bonds is 8. The topological polar surface area (TPSA) is 75.3 Å². The lowest BCUT2D eigenvalue weighted by molar-refractivity contribution is -0.120. The van der Waals surface area contributed by atoms with Gasteiger partial charge in [-0.15, -0.1) is 24.2 Å². The Labute approximate surface area is 166 Å². The van der Waals surface area contributed by atoms with Crippen molar-refractivity contribution in [2.45, 2.75) is 41.7 Å². The first-order valence-corrected chi connectivity index (χ1v) is 11.1. The van der Waals surface area contributed by atoms with Crippen molar-refractivity contribution in [3.8, 4) is 0 Å². The molecule has 2 N–H and O–H groups in total. The van der Waals surface area contributed by atoms with Gasteiger partial charge in [0.1, 0.15) is 0 Å². The number of benzene rings is 1. The summed E-state index contributed by atoms with van der Waals surface area (Å²) in [5.41, 5.74) is 1.23. The van der Waals surface area contributed by atoms with Crippen LogP contribution in [0.4, 0.5) is 0 Å². The van der Waals surface area contributed by atoms with Crippen molar-refractivity contribution in [3.63, 3.8) is 0 Å². The maximum atomic E-state index is 12.4. The molecule has 1 unspecified atom stereocenters. The molecule has 0 radical (unpaired) electrons. The lowest BCUT2D eigenvalue weighted by Gasteiger charge is -2.17. The molecule has 1 aromatic rings. The number of thioether (sulfide) groups is 1. The second-order valence-corrected chi connectivity index (χ2v) is 9.52. The summed E-state index contributed by atoms with van der Waals surface area (Å²) >= 11 is 1.29. The van der Waals surface area contributed by atoms with E-state index in [9.17, 15) is 13.2 Å². The summed E-state index contributed by atoms with van der Waals surface area (Å²) in [6.07, 6.45) is 3.62. The molecule has 0 bridgehead atoms. The highest BCUT2D eigenvalue weighted by molar-refractivity contribution is 8.01. The van der Waals surface area contributed by atoms with Gasteiger partial charge >= 0.3 is 0 Å². The summed E-state index contributed by atoms with van der Waals surface area (Å²) in [5, 5.41) is 5.83. The van der Waals surface area contributed by atoms with E-state index in [0.29, 0.717) is 22.8 Å². The Morgan fingerprint density at radius 1 is 1.35 bits per heavy atom. The largest absolute Gasteiger partial charge is 0.351 e. The predicted octanol–water partition coefficient (Wildman–Crippen LogP) is 2.81. The quantitative estimate of drug-likeness (QED) is 0.501. The Balaban J connectivity index is 0.00000338. The van der Waals surface area contributed by atoms with Gasteiger partial charge in [0.15, 0.2) is 9.84 Å². The number of carbonyl (C=O) groups excluding carboxylic acids is 1. The second kappa shape index (κ2) is 11.0. The summed E-state index contributed by atoms with van der Waals surface area (Å²) in [5.74, 6) is 0.0417. The van der Waals surface area contributed by atoms with Gasteiger partial charge in [0.2, 0.25) is 5.91 Å². The standard InChI is InChI=1S/C18H26N2O3S2.ClH/c1-3-12-25(22,23)17-7-5-4-6-16(17)24-14(2)18(21)20-13-15-8-10-19-11-9-15;/h4-8,14,19H,3,9-13H2,1-2H3,(H,20,21);1H. The van der Waals surface area contributed by atoms with E-state index in [0.717, 1.165) is 19.5 Å². The smallest absolute Gasteiger partial charge is 0.233 e. The van der Waals surface area contributed by atoms with Crippen LogP contribution in [-0.2, 0) is 14.6 Å². The van der Waals surface area contributed by atoms with Crippen LogP contribution in [0.25, 0.3) is 0 Å². The van der Waals surface area contributed by atoms with Gasteiger partial charge in [-0.1, -0.05) is 30.7 Å². The number of amides is 1. The third-order valence-electron chi connectivity index (χ3n) is 3.98. The Kier molecular flexibility index (Phi) is 9.71. The fourth-order valence-electron chi connectivity index (χ4n) is 2.60. The molecule has 1 heterocycles. The average molecular weight is 419 g/mol. The fraction of sp³-hybridized carbons (Fsp3) is 0.500. The van der Waals surface area contributed by atoms with Gasteiger partial charge in [-0.3, -0.25) is 4.79 Å². The molecule has 0 spiro atoms. The number of nitrogens with one attached hydrogen (secondary N) is 2. The zero-order chi connectivity index (χ0) is 18.3. The van der Waals surface area contributed by atoms with E-state index < -0.39 is 9.84 Å². The molecule has 0 saturated heterocycles. The summed E-state index contributed by atoms with van der Waals surface area (Å²) in [6.45, 7) is 5.99. The zero-order valence-electron chi connectivity index (χ0n) is 15.2. The summed E-state index contributed by atoms with van der Waals surface area (Å²) in [7, 11) is -3.31. The minimum atomic E-state index is -3.31. The zero-order valence-corrected chi connectivity index (χ0v) is 17.6. The molecular formula is C18H27ClN2O3S2. The maximum absolute atomic E-state index is 12.4. The summed E-state index contributed by atoms with van der Waals surface area (Å²) < 4.78 is 24.8. The van der Waals surface area contributed by atoms with Crippen LogP contribution in [0.5, 0.6) is 0 Å². The Morgan fingerprint density at radius 2 is 2.08 bits per heavy atom. The van der Waals surface area contributed by atoms with E-state index >= 15 is 0 Å². The fourth-order valence-corrected chi connectivity index (χ4v) is 5.46. The van der Waals surface area contributed by atoms with Crippen LogP contribution >= 0.6 is 24.2 Å². The number of hydrogen-bond acceptors (Lipinski definition) is 5. The molecule has 0 fully saturated rings. The molecular weight excluding hydrogens is 392 g/mol. The Hall–Kier alpha value is -1.02. The van der Waals surface area contributed by atoms with Gasteiger partial charge in [-0.05, 0) is 38.4 Å². The van der Waals surface area contributed by atoms with E-state index in [-0.39, 0.29) is 29.3 Å². The lowest BCUT2D eigenvalue weighted by Crippen LogP contribution is -2.34. The van der Waals surface area contributed by atoms with E-state index in [2.05, 4.69) is 16.7 Å². The number of halogens is 1. The molecule has 0 aromatic heterocycles. The normalized spacial score (nSPS) is 15.5. The van der Waals surface area contributed by atoms with Crippen LogP contribution in [0.3, 0.4) is 0 Å². The lowest BCUT2D eigenvalue weighted by atomic mass is 10.1. The van der Waals surface area contributed by atoms with Crippen LogP contribution in [-0.4, -0.2) is 45.0 Å². The molecule has 0 saturated carbocycles. The van der Waals surface area contributed by atoms with E-state index in [4.69, 9.17) is 0 Å². The van der Waals surface area contributed by atoms with Gasteiger partial charge in [-0.2, -0.15) is 0 Å². The molecule has 1 aliphatic heterocycles. The highest BCUT2D eigenvalue weighted by Gasteiger charge is 2.21. The molecule has 1 aromatic carbocycles. The van der Waals surface area contributed by atoms with Gasteiger partial charge < -0.3 is 10.6 Å². The number of carbonyl (C=O) groups is 1. The van der Waals surface area contributed by atoms with Crippen molar-refractivity contribution >= 4 is 39.9 Å². The number of hydrogen-bond donors (Lipinski definition) is 2. The van der Waals surface area contributed by atoms with Gasteiger partial charge in [0, 0.05) is 18.0 Å². The summed E-state index contributed by atoms with van der Waals surface area (Å²) in [4.78, 5) is 13.3. The van der Waals surface area contributed by atoms with Crippen molar-refractivity contribution in [2.24, 2.45) is 0 Å². The van der Waals surface area contributed by atoms with Crippen LogP contribution < -0.4 is 10.6 Å². The van der Waals surface area contributed by atoms with Crippen LogP contribution in [0.15, 0.2) is 45.7 Å². The highest BCUT2D eigenvalue weighted by Crippen LogP contribution is 2.30. The average Bonchev–Trinajstić information content (AvgIpc) is 2.60. The monoisotopic (exact) mass is 418 g/mol. The molecule has 5 nitrogen and oxygen atoms in total. The second-order valence-electron chi connectivity index (χ2n) is 6.06. The minimum absolute atomic E-state index is 0. The molecule has 1 amide bonds. The van der Waals surface area contributed by atoms with Gasteiger partial charge in [0.05, 0.1) is 15.9 Å². The minimum Gasteiger partial charge on any atom is -0.351 e. The van der Waals surface area contributed by atoms with E-state index in [1.165, 1.54) is 17.3 Å². The van der Waals surface area contributed by atoms with Gasteiger partial charge in [0.25, 0.3) is 0 Å². The van der Waals surface area contributed by atoms with E-state index in [1.807, 2.05) is 6.92 Å². The molecule has 26 heavy (non-hydrogen) atoms. The van der Waals surface area contributed by atoms with Crippen molar-refractivity contribution in [1.82, 2.24) is 10.6 Å². The summed E-state index contributed by atoms with van der Waals surface area (Å²) in [6, 6.07) is 6.92. The highest BCUT2D eigenvalue weighted by atomic mass is 35.5. The SMILES string of the molecule is CCCS(=O)(=O)c1ccccc1SC(C)C(=O)NCC1=CCNCC1.Cl. The maximum Gasteiger partial charge on any atom is 0.233 e. The van der Waals surface area contributed by atoms with Crippen LogP contribution in [0.1, 0.15) is 26.7 Å². The molecule has 146 valence electrons. The third kappa shape index (κ3) is 6.61. The van der Waals surface area contributed by atoms with E-state index in [1.54, 1.807) is 31.2 Å². The van der Waals surface area contributed by atoms with Crippen molar-refractivity contribution in [1.29, 1.82) is 0 Å². The van der Waals surface area contributed by atoms with Crippen LogP contribution in [0.2, 0.25) is 0 Å². The van der Waals surface area contributed by atoms with Crippen molar-refractivity contribution in [2.75, 3.05) is 25.4 Å². The van der Waals surface area contributed by atoms with Gasteiger partial charge in [-0.25, -0.2) is 8.42 Å². The molecule has 1 aliphatic rings. The first-order chi connectivity index (χ1) is 11.9. The van der Waals surface area contributed by atoms with Crippen molar-refractivity contribution < 1.29 is 13.2 Å². The molecule has 1 atom stereocenters.